The summed E-state index contributed by atoms with van der Waals surface area (Å²) >= 11 is 1.60. The molecule has 2 rings (SSSR count). The lowest BCUT2D eigenvalue weighted by molar-refractivity contribution is -0.141. The third kappa shape index (κ3) is 4.61. The molecule has 2 N–H and O–H groups in total. The Morgan fingerprint density at radius 1 is 1.17 bits per heavy atom. The zero-order valence-electron chi connectivity index (χ0n) is 14.0. The van der Waals surface area contributed by atoms with Crippen molar-refractivity contribution < 1.29 is 14.7 Å². The molecule has 1 unspecified atom stereocenters. The van der Waals surface area contributed by atoms with E-state index in [1.54, 1.807) is 30.8 Å². The molecule has 0 aliphatic carbocycles. The molecule has 0 fully saturated rings. The van der Waals surface area contributed by atoms with Crippen LogP contribution in [0.1, 0.15) is 28.4 Å². The van der Waals surface area contributed by atoms with Crippen LogP contribution in [-0.2, 0) is 11.2 Å². The lowest BCUT2D eigenvalue weighted by Gasteiger charge is -2.10. The molecule has 2 aromatic carbocycles. The van der Waals surface area contributed by atoms with Gasteiger partial charge in [-0.2, -0.15) is 0 Å². The van der Waals surface area contributed by atoms with Gasteiger partial charge in [0.25, 0.3) is 5.91 Å². The summed E-state index contributed by atoms with van der Waals surface area (Å²) in [6, 6.07) is 13.1. The minimum atomic E-state index is -0.809. The van der Waals surface area contributed by atoms with Crippen LogP contribution in [0.4, 0.5) is 5.69 Å². The molecule has 5 heteroatoms. The fourth-order valence-electron chi connectivity index (χ4n) is 2.34. The van der Waals surface area contributed by atoms with Gasteiger partial charge in [0, 0.05) is 16.1 Å². The molecule has 0 aliphatic heterocycles. The second-order valence-corrected chi connectivity index (χ2v) is 6.65. The summed E-state index contributed by atoms with van der Waals surface area (Å²) in [5.74, 6) is -1.38. The van der Waals surface area contributed by atoms with Gasteiger partial charge < -0.3 is 10.4 Å². The molecular formula is C19H21NO3S. The van der Waals surface area contributed by atoms with Crippen LogP contribution in [0.3, 0.4) is 0 Å². The molecule has 2 aromatic rings. The van der Waals surface area contributed by atoms with Crippen LogP contribution in [0.25, 0.3) is 0 Å². The van der Waals surface area contributed by atoms with Crippen molar-refractivity contribution in [3.05, 3.63) is 59.2 Å². The Balaban J connectivity index is 2.08. The van der Waals surface area contributed by atoms with E-state index in [2.05, 4.69) is 5.32 Å². The Labute approximate surface area is 146 Å². The van der Waals surface area contributed by atoms with Crippen molar-refractivity contribution in [3.8, 4) is 0 Å². The number of benzene rings is 2. The Morgan fingerprint density at radius 2 is 1.83 bits per heavy atom. The van der Waals surface area contributed by atoms with Gasteiger partial charge in [-0.25, -0.2) is 0 Å². The van der Waals surface area contributed by atoms with Crippen LogP contribution in [-0.4, -0.2) is 23.2 Å². The highest BCUT2D eigenvalue weighted by Crippen LogP contribution is 2.21. The number of carbonyl (C=O) groups excluding carboxylic acids is 1. The maximum Gasteiger partial charge on any atom is 0.306 e. The number of hydrogen-bond acceptors (Lipinski definition) is 3. The molecule has 4 nitrogen and oxygen atoms in total. The van der Waals surface area contributed by atoms with E-state index in [-0.39, 0.29) is 5.91 Å². The second-order valence-electron chi connectivity index (χ2n) is 5.78. The number of carbonyl (C=O) groups is 2. The Bertz CT molecular complexity index is 741. The molecule has 0 spiro atoms. The maximum absolute atomic E-state index is 12.5. The van der Waals surface area contributed by atoms with Crippen LogP contribution >= 0.6 is 11.8 Å². The van der Waals surface area contributed by atoms with E-state index < -0.39 is 11.9 Å². The van der Waals surface area contributed by atoms with Gasteiger partial charge in [-0.05, 0) is 55.0 Å². The Kier molecular flexibility index (Phi) is 6.04. The lowest BCUT2D eigenvalue weighted by atomic mass is 10.0. The summed E-state index contributed by atoms with van der Waals surface area (Å²) < 4.78 is 0. The molecule has 1 amide bonds. The number of aryl methyl sites for hydroxylation is 1. The van der Waals surface area contributed by atoms with Gasteiger partial charge in [0.05, 0.1) is 5.92 Å². The summed E-state index contributed by atoms with van der Waals surface area (Å²) in [6.45, 7) is 3.59. The molecule has 0 aromatic heterocycles. The quantitative estimate of drug-likeness (QED) is 0.770. The number of aliphatic carboxylic acids is 1. The molecular weight excluding hydrogens is 322 g/mol. The highest BCUT2D eigenvalue weighted by Gasteiger charge is 2.13. The first-order chi connectivity index (χ1) is 11.4. The lowest BCUT2D eigenvalue weighted by Crippen LogP contribution is -2.14. The van der Waals surface area contributed by atoms with Gasteiger partial charge in [-0.3, -0.25) is 9.59 Å². The van der Waals surface area contributed by atoms with E-state index in [0.29, 0.717) is 17.7 Å². The molecule has 126 valence electrons. The first kappa shape index (κ1) is 18.1. The van der Waals surface area contributed by atoms with E-state index >= 15 is 0 Å². The van der Waals surface area contributed by atoms with Crippen molar-refractivity contribution in [1.29, 1.82) is 0 Å². The smallest absolute Gasteiger partial charge is 0.306 e. The Hall–Kier alpha value is -2.27. The summed E-state index contributed by atoms with van der Waals surface area (Å²) in [5, 5.41) is 11.8. The summed E-state index contributed by atoms with van der Waals surface area (Å²) in [5.41, 5.74) is 3.21. The number of nitrogens with one attached hydrogen (secondary N) is 1. The molecule has 1 atom stereocenters. The van der Waals surface area contributed by atoms with Gasteiger partial charge in [0.1, 0.15) is 0 Å². The normalized spacial score (nSPS) is 11.8. The zero-order chi connectivity index (χ0) is 17.7. The highest BCUT2D eigenvalue weighted by molar-refractivity contribution is 7.98. The molecule has 0 heterocycles. The average molecular weight is 343 g/mol. The summed E-state index contributed by atoms with van der Waals surface area (Å²) in [4.78, 5) is 24.4. The van der Waals surface area contributed by atoms with E-state index in [4.69, 9.17) is 5.11 Å². The van der Waals surface area contributed by atoms with Crippen molar-refractivity contribution in [1.82, 2.24) is 0 Å². The van der Waals surface area contributed by atoms with Crippen molar-refractivity contribution in [3.63, 3.8) is 0 Å². The first-order valence-electron chi connectivity index (χ1n) is 7.68. The van der Waals surface area contributed by atoms with Gasteiger partial charge >= 0.3 is 5.97 Å². The molecule has 0 aliphatic rings. The second kappa shape index (κ2) is 8.02. The largest absolute Gasteiger partial charge is 0.481 e. The number of amides is 1. The average Bonchev–Trinajstić information content (AvgIpc) is 2.56. The number of thioether (sulfide) groups is 1. The van der Waals surface area contributed by atoms with Crippen LogP contribution in [0, 0.1) is 12.8 Å². The van der Waals surface area contributed by atoms with Crippen molar-refractivity contribution in [2.75, 3.05) is 11.6 Å². The fraction of sp³-hybridized carbons (Fsp3) is 0.263. The molecule has 0 bridgehead atoms. The molecule has 0 saturated heterocycles. The molecule has 0 saturated carbocycles. The number of rotatable bonds is 6. The van der Waals surface area contributed by atoms with Gasteiger partial charge in [0.15, 0.2) is 0 Å². The predicted molar refractivity (Wildman–Crippen MR) is 97.9 cm³/mol. The van der Waals surface area contributed by atoms with Gasteiger partial charge in [0.2, 0.25) is 0 Å². The van der Waals surface area contributed by atoms with Crippen molar-refractivity contribution in [2.45, 2.75) is 25.2 Å². The molecule has 0 radical (unpaired) electrons. The predicted octanol–water partition coefficient (Wildman–Crippen LogP) is 4.23. The van der Waals surface area contributed by atoms with Gasteiger partial charge in [-0.15, -0.1) is 11.8 Å². The van der Waals surface area contributed by atoms with Crippen LogP contribution in [0.5, 0.6) is 0 Å². The van der Waals surface area contributed by atoms with Crippen LogP contribution in [0.2, 0.25) is 0 Å². The summed E-state index contributed by atoms with van der Waals surface area (Å²) in [7, 11) is 0. The standard InChI is InChI=1S/C19H21NO3S/c1-12-4-9-16(24-3)11-17(12)18(21)20-15-7-5-14(6-8-15)10-13(2)19(22)23/h4-9,11,13H,10H2,1-3H3,(H,20,21)(H,22,23). The van der Waals surface area contributed by atoms with E-state index in [0.717, 1.165) is 16.0 Å². The minimum absolute atomic E-state index is 0.143. The first-order valence-corrected chi connectivity index (χ1v) is 8.91. The highest BCUT2D eigenvalue weighted by atomic mass is 32.2. The molecule has 24 heavy (non-hydrogen) atoms. The van der Waals surface area contributed by atoms with E-state index in [9.17, 15) is 9.59 Å². The maximum atomic E-state index is 12.5. The van der Waals surface area contributed by atoms with E-state index in [1.165, 1.54) is 0 Å². The number of carboxylic acids is 1. The fourth-order valence-corrected chi connectivity index (χ4v) is 2.78. The van der Waals surface area contributed by atoms with E-state index in [1.807, 2.05) is 43.5 Å². The zero-order valence-corrected chi connectivity index (χ0v) is 14.8. The topological polar surface area (TPSA) is 66.4 Å². The number of carboxylic acid groups (broad SMARTS) is 1. The van der Waals surface area contributed by atoms with Crippen LogP contribution < -0.4 is 5.32 Å². The third-order valence-electron chi connectivity index (χ3n) is 3.86. The number of hydrogen-bond donors (Lipinski definition) is 2. The van der Waals surface area contributed by atoms with Gasteiger partial charge in [-0.1, -0.05) is 25.1 Å². The summed E-state index contributed by atoms with van der Waals surface area (Å²) in [6.07, 6.45) is 2.45. The Morgan fingerprint density at radius 3 is 2.42 bits per heavy atom. The SMILES string of the molecule is CSc1ccc(C)c(C(=O)Nc2ccc(CC(C)C(=O)O)cc2)c1. The number of anilines is 1. The van der Waals surface area contributed by atoms with Crippen LogP contribution in [0.15, 0.2) is 47.4 Å². The minimum Gasteiger partial charge on any atom is -0.481 e. The monoisotopic (exact) mass is 343 g/mol. The third-order valence-corrected chi connectivity index (χ3v) is 4.59. The van der Waals surface area contributed by atoms with Crippen molar-refractivity contribution in [2.24, 2.45) is 5.92 Å². The van der Waals surface area contributed by atoms with Crippen molar-refractivity contribution >= 4 is 29.3 Å².